The summed E-state index contributed by atoms with van der Waals surface area (Å²) >= 11 is 28.8. The zero-order chi connectivity index (χ0) is 36.7. The number of para-hydroxylation sites is 2. The molecule has 1 aliphatic rings. The summed E-state index contributed by atoms with van der Waals surface area (Å²) in [7, 11) is 0. The van der Waals surface area contributed by atoms with Gasteiger partial charge in [-0.25, -0.2) is 0 Å². The Morgan fingerprint density at radius 2 is 1.13 bits per heavy atom. The van der Waals surface area contributed by atoms with Gasteiger partial charge in [0.05, 0.1) is 16.8 Å². The van der Waals surface area contributed by atoms with Crippen LogP contribution < -0.4 is 15.4 Å². The number of pyridine rings is 2. The van der Waals surface area contributed by atoms with Crippen molar-refractivity contribution in [1.29, 1.82) is 0 Å². The van der Waals surface area contributed by atoms with Gasteiger partial charge in [-0.15, -0.1) is 10.9 Å². The summed E-state index contributed by atoms with van der Waals surface area (Å²) in [6, 6.07) is 52.6. The van der Waals surface area contributed by atoms with Crippen molar-refractivity contribution in [2.75, 3.05) is 0 Å². The molecule has 0 unspecified atom stereocenters. The molecule has 0 atom stereocenters. The van der Waals surface area contributed by atoms with Crippen molar-refractivity contribution in [3.8, 4) is 22.5 Å². The van der Waals surface area contributed by atoms with Crippen molar-refractivity contribution in [2.45, 2.75) is 8.59 Å². The van der Waals surface area contributed by atoms with Crippen molar-refractivity contribution in [3.63, 3.8) is 0 Å². The van der Waals surface area contributed by atoms with Crippen LogP contribution in [0.1, 0.15) is 0 Å². The van der Waals surface area contributed by atoms with Gasteiger partial charge in [0.25, 0.3) is 0 Å². The lowest BCUT2D eigenvalue weighted by Gasteiger charge is -2.43. The van der Waals surface area contributed by atoms with E-state index in [9.17, 15) is 0 Å². The van der Waals surface area contributed by atoms with Crippen molar-refractivity contribution >= 4 is 131 Å². The topological polar surface area (TPSA) is 37.5 Å². The number of benzene rings is 5. The summed E-state index contributed by atoms with van der Waals surface area (Å²) in [5.74, 6) is 0. The van der Waals surface area contributed by atoms with Crippen molar-refractivity contribution in [3.05, 3.63) is 158 Å². The predicted octanol–water partition coefficient (Wildman–Crippen LogP) is 11.4. The van der Waals surface area contributed by atoms with Crippen molar-refractivity contribution in [2.24, 2.45) is 0 Å². The summed E-state index contributed by atoms with van der Waals surface area (Å²) in [4.78, 5) is 8.85. The quantitative estimate of drug-likeness (QED) is 0.140. The Labute approximate surface area is 336 Å². The molecular formula is C42H29BCl6N4. The lowest BCUT2D eigenvalue weighted by Crippen LogP contribution is -2.84. The first-order valence-corrected chi connectivity index (χ1v) is 19.5. The number of halogens is 6. The van der Waals surface area contributed by atoms with Crippen LogP contribution in [0.4, 0.5) is 0 Å². The number of nitrogens with zero attached hydrogens (tertiary/aromatic N) is 3. The van der Waals surface area contributed by atoms with Gasteiger partial charge in [-0.1, -0.05) is 179 Å². The molecule has 5 aromatic carbocycles. The number of alkyl halides is 6. The summed E-state index contributed by atoms with van der Waals surface area (Å²) in [6.45, 7) is 0. The van der Waals surface area contributed by atoms with Crippen molar-refractivity contribution in [1.82, 2.24) is 14.4 Å². The van der Waals surface area contributed by atoms with Crippen molar-refractivity contribution < 1.29 is 4.48 Å². The van der Waals surface area contributed by atoms with E-state index < -0.39 is 15.0 Å². The number of nitrogens with one attached hydrogen (secondary N) is 1. The molecule has 0 amide bonds. The molecule has 1 N–H and O–H groups in total. The molecule has 4 aromatic heterocycles. The molecule has 262 valence electrons. The third kappa shape index (κ3) is 6.05. The minimum absolute atomic E-state index is 0.750. The number of fused-ring (bicyclic) bond motifs is 9. The molecule has 0 radical (unpaired) electrons. The predicted molar refractivity (Wildman–Crippen MR) is 229 cm³/mol. The van der Waals surface area contributed by atoms with Gasteiger partial charge in [0.1, 0.15) is 6.20 Å². The van der Waals surface area contributed by atoms with Gasteiger partial charge in [-0.2, -0.15) is 0 Å². The Kier molecular flexibility index (Phi) is 10.1. The normalized spacial score (nSPS) is 12.8. The molecule has 10 rings (SSSR count). The first-order valence-electron chi connectivity index (χ1n) is 16.9. The van der Waals surface area contributed by atoms with Crippen LogP contribution in [-0.4, -0.2) is 29.5 Å². The molecular weight excluding hydrogens is 784 g/mol. The molecule has 4 nitrogen and oxygen atoms in total. The zero-order valence-corrected chi connectivity index (χ0v) is 32.4. The smallest absolute Gasteiger partial charge is 0.435 e. The third-order valence-electron chi connectivity index (χ3n) is 9.98. The molecule has 0 bridgehead atoms. The fourth-order valence-corrected chi connectivity index (χ4v) is 8.37. The van der Waals surface area contributed by atoms with Crippen LogP contribution in [0.3, 0.4) is 0 Å². The van der Waals surface area contributed by atoms with Gasteiger partial charge in [-0.05, 0) is 30.3 Å². The second kappa shape index (κ2) is 14.9. The van der Waals surface area contributed by atoms with E-state index in [2.05, 4.69) is 160 Å². The van der Waals surface area contributed by atoms with E-state index in [0.717, 1.165) is 22.3 Å². The Bertz CT molecular complexity index is 2670. The van der Waals surface area contributed by atoms with Crippen LogP contribution in [0.2, 0.25) is 0 Å². The van der Waals surface area contributed by atoms with E-state index in [1.165, 1.54) is 54.8 Å². The van der Waals surface area contributed by atoms with E-state index in [4.69, 9.17) is 74.6 Å². The van der Waals surface area contributed by atoms with E-state index in [1.807, 2.05) is 12.3 Å². The van der Waals surface area contributed by atoms with Crippen LogP contribution in [0.25, 0.3) is 66.1 Å². The minimum atomic E-state index is -1.72. The summed E-state index contributed by atoms with van der Waals surface area (Å²) in [5, 5.41) is 4.90. The van der Waals surface area contributed by atoms with Gasteiger partial charge in [0.2, 0.25) is 0 Å². The monoisotopic (exact) mass is 810 g/mol. The Morgan fingerprint density at radius 3 is 1.77 bits per heavy atom. The van der Waals surface area contributed by atoms with Crippen LogP contribution in [-0.2, 0) is 0 Å². The van der Waals surface area contributed by atoms with Gasteiger partial charge in [0.15, 0.2) is 14.3 Å². The summed E-state index contributed by atoms with van der Waals surface area (Å²) in [5.41, 5.74) is 11.8. The maximum atomic E-state index is 4.98. The van der Waals surface area contributed by atoms with E-state index in [1.54, 1.807) is 0 Å². The van der Waals surface area contributed by atoms with Crippen LogP contribution in [0, 0.1) is 0 Å². The number of aromatic amines is 1. The van der Waals surface area contributed by atoms with Crippen LogP contribution in [0.15, 0.2) is 158 Å². The Hall–Kier alpha value is -4.20. The van der Waals surface area contributed by atoms with Gasteiger partial charge < -0.3 is 13.9 Å². The molecule has 11 heteroatoms. The highest BCUT2D eigenvalue weighted by Crippen LogP contribution is 2.50. The van der Waals surface area contributed by atoms with Crippen LogP contribution >= 0.6 is 69.6 Å². The first kappa shape index (κ1) is 35.8. The lowest BCUT2D eigenvalue weighted by molar-refractivity contribution is -0.532. The fourth-order valence-electron chi connectivity index (χ4n) is 8.37. The second-order valence-corrected chi connectivity index (χ2v) is 16.5. The largest absolute Gasteiger partial charge is 0.446 e. The molecule has 0 saturated carbocycles. The Balaban J connectivity index is 0.000000458. The Morgan fingerprint density at radius 1 is 0.566 bits per heavy atom. The summed E-state index contributed by atoms with van der Waals surface area (Å²) < 4.78 is 3.73. The van der Waals surface area contributed by atoms with E-state index >= 15 is 0 Å². The maximum absolute atomic E-state index is 4.98. The number of hydrogen-bond acceptors (Lipinski definition) is 1. The highest BCUT2D eigenvalue weighted by molar-refractivity contribution is 6.96. The fraction of sp³-hybridized carbons (Fsp3) is 0.0476. The first-order chi connectivity index (χ1) is 25.8. The van der Waals surface area contributed by atoms with Gasteiger partial charge >= 0.3 is 6.42 Å². The molecule has 1 aliphatic heterocycles. The average molecular weight is 813 g/mol. The molecule has 0 saturated heterocycles. The molecule has 5 heterocycles. The third-order valence-corrected chi connectivity index (χ3v) is 9.98. The molecule has 0 aliphatic carbocycles. The zero-order valence-electron chi connectivity index (χ0n) is 27.9. The molecule has 0 fully saturated rings. The molecule has 53 heavy (non-hydrogen) atoms. The molecule has 9 aromatic rings. The second-order valence-electron chi connectivity index (χ2n) is 12.6. The number of rotatable bonds is 3. The van der Waals surface area contributed by atoms with Gasteiger partial charge in [-0.3, -0.25) is 4.98 Å². The standard InChI is InChI=1S/C40H27BN4.2CHCl3/c1-3-15-27(16-4-1)41(28-17-5-2-6-18-28)44-26-14-12-24-34(44)38-35-29-19-7-9-21-31(29)43-39(35)37(32-22-11-13-25-42-32)36-30-20-8-10-23-33(30)45(41)40(36)38;2*2-1(3)4/h1-26,43H;2*1H. The highest BCUT2D eigenvalue weighted by atomic mass is 35.6. The number of hydrogen-bond donors (Lipinski definition) is 1. The van der Waals surface area contributed by atoms with Crippen LogP contribution in [0.5, 0.6) is 0 Å². The van der Waals surface area contributed by atoms with Gasteiger partial charge in [0, 0.05) is 55.9 Å². The molecule has 0 spiro atoms. The number of aromatic nitrogens is 4. The maximum Gasteiger partial charge on any atom is 0.435 e. The van der Waals surface area contributed by atoms with E-state index in [0.29, 0.717) is 0 Å². The number of H-pyrrole nitrogens is 1. The summed E-state index contributed by atoms with van der Waals surface area (Å²) in [6.07, 6.45) is 2.47. The minimum Gasteiger partial charge on any atom is -0.446 e. The average Bonchev–Trinajstić information content (AvgIpc) is 3.73. The van der Waals surface area contributed by atoms with E-state index in [-0.39, 0.29) is 0 Å². The SMILES string of the molecule is ClC(Cl)Cl.ClC(Cl)Cl.c1ccc([B-]2(c3ccccc3)n3c4ccccc4c4c(-c5ccccn5)c5[nH]c6ccccc6c5c(c43)-c3cccc[n+]32)cc1. The lowest BCUT2D eigenvalue weighted by atomic mass is 9.35. The highest BCUT2D eigenvalue weighted by Gasteiger charge is 2.50.